The van der Waals surface area contributed by atoms with Crippen LogP contribution in [0.3, 0.4) is 0 Å². The maximum absolute atomic E-state index is 12.6. The molecule has 11 heteroatoms. The Hall–Kier alpha value is -2.59. The van der Waals surface area contributed by atoms with Crippen LogP contribution < -0.4 is 0 Å². The van der Waals surface area contributed by atoms with E-state index in [-0.39, 0.29) is 19.4 Å². The molecule has 53 heavy (non-hydrogen) atoms. The average molecular weight is 767 g/mol. The quantitative estimate of drug-likeness (QED) is 0.0243. The van der Waals surface area contributed by atoms with Crippen molar-refractivity contribution >= 4 is 19.8 Å². The first-order chi connectivity index (χ1) is 25.7. The number of allylic oxidation sites excluding steroid dienone is 12. The summed E-state index contributed by atoms with van der Waals surface area (Å²) >= 11 is 0. The number of aliphatic hydroxyl groups excluding tert-OH is 2. The van der Waals surface area contributed by atoms with Gasteiger partial charge in [0.15, 0.2) is 6.10 Å². The van der Waals surface area contributed by atoms with Gasteiger partial charge in [0.1, 0.15) is 12.7 Å². The highest BCUT2D eigenvalue weighted by Crippen LogP contribution is 2.43. The molecule has 0 spiro atoms. The summed E-state index contributed by atoms with van der Waals surface area (Å²) in [4.78, 5) is 34.9. The lowest BCUT2D eigenvalue weighted by atomic mass is 10.1. The second-order valence-corrected chi connectivity index (χ2v) is 14.4. The molecule has 0 saturated heterocycles. The van der Waals surface area contributed by atoms with E-state index in [1.165, 1.54) is 19.3 Å². The second-order valence-electron chi connectivity index (χ2n) is 12.9. The van der Waals surface area contributed by atoms with Gasteiger partial charge in [-0.2, -0.15) is 0 Å². The monoisotopic (exact) mass is 766 g/mol. The van der Waals surface area contributed by atoms with E-state index < -0.39 is 51.8 Å². The van der Waals surface area contributed by atoms with Crippen molar-refractivity contribution in [3.8, 4) is 0 Å². The van der Waals surface area contributed by atoms with Crippen LogP contribution >= 0.6 is 7.82 Å². The molecule has 0 aromatic rings. The first-order valence-corrected chi connectivity index (χ1v) is 21.4. The maximum atomic E-state index is 12.6. The summed E-state index contributed by atoms with van der Waals surface area (Å²) in [5, 5.41) is 18.3. The SMILES string of the molecule is CC/C=C/C/C=C/C/C=C/C/C=C/CCCCC(=O)OC[C@H](COP(=O)(O)OC[C@@H](O)CO)OC(=O)CCCCCCC/C=C/C/C=C/CCCCC. The van der Waals surface area contributed by atoms with Crippen molar-refractivity contribution in [3.05, 3.63) is 72.9 Å². The molecule has 3 N–H and O–H groups in total. The Kier molecular flexibility index (Phi) is 35.9. The van der Waals surface area contributed by atoms with Crippen molar-refractivity contribution in [2.45, 2.75) is 154 Å². The Morgan fingerprint density at radius 3 is 1.60 bits per heavy atom. The number of esters is 2. The Bertz CT molecular complexity index is 1110. The molecule has 0 saturated carbocycles. The molecule has 0 heterocycles. The summed E-state index contributed by atoms with van der Waals surface area (Å²) in [5.41, 5.74) is 0. The fourth-order valence-corrected chi connectivity index (χ4v) is 5.57. The molecule has 0 bridgehead atoms. The molecule has 0 aliphatic heterocycles. The van der Waals surface area contributed by atoms with E-state index in [1.54, 1.807) is 0 Å². The van der Waals surface area contributed by atoms with E-state index in [9.17, 15) is 24.2 Å². The van der Waals surface area contributed by atoms with Crippen LogP contribution in [0.2, 0.25) is 0 Å². The summed E-state index contributed by atoms with van der Waals surface area (Å²) in [6, 6.07) is 0. The van der Waals surface area contributed by atoms with Crippen molar-refractivity contribution in [1.29, 1.82) is 0 Å². The minimum Gasteiger partial charge on any atom is -0.462 e. The maximum Gasteiger partial charge on any atom is 0.472 e. The van der Waals surface area contributed by atoms with Gasteiger partial charge < -0.3 is 24.6 Å². The zero-order valence-electron chi connectivity index (χ0n) is 32.7. The van der Waals surface area contributed by atoms with Crippen molar-refractivity contribution in [2.75, 3.05) is 26.4 Å². The van der Waals surface area contributed by atoms with E-state index >= 15 is 0 Å². The number of unbranched alkanes of at least 4 members (excludes halogenated alkanes) is 10. The minimum atomic E-state index is -4.63. The summed E-state index contributed by atoms with van der Waals surface area (Å²) in [6.45, 7) is 2.14. The van der Waals surface area contributed by atoms with Crippen LogP contribution in [0.25, 0.3) is 0 Å². The summed E-state index contributed by atoms with van der Waals surface area (Å²) < 4.78 is 32.6. The lowest BCUT2D eigenvalue weighted by Gasteiger charge is -2.20. The Morgan fingerprint density at radius 2 is 1.04 bits per heavy atom. The van der Waals surface area contributed by atoms with Gasteiger partial charge in [-0.3, -0.25) is 18.6 Å². The summed E-state index contributed by atoms with van der Waals surface area (Å²) in [5.74, 6) is -0.998. The van der Waals surface area contributed by atoms with Crippen LogP contribution in [0.15, 0.2) is 72.9 Å². The van der Waals surface area contributed by atoms with Gasteiger partial charge >= 0.3 is 19.8 Å². The average Bonchev–Trinajstić information content (AvgIpc) is 3.14. The van der Waals surface area contributed by atoms with Crippen molar-refractivity contribution in [2.24, 2.45) is 0 Å². The van der Waals surface area contributed by atoms with Crippen molar-refractivity contribution in [3.63, 3.8) is 0 Å². The molecule has 0 aromatic heterocycles. The topological polar surface area (TPSA) is 149 Å². The molecule has 0 amide bonds. The first-order valence-electron chi connectivity index (χ1n) is 19.9. The van der Waals surface area contributed by atoms with Crippen LogP contribution in [-0.2, 0) is 32.7 Å². The Labute approximate surface area is 320 Å². The predicted molar refractivity (Wildman–Crippen MR) is 214 cm³/mol. The molecular formula is C42H71O10P. The zero-order chi connectivity index (χ0) is 39.1. The van der Waals surface area contributed by atoms with Crippen LogP contribution in [0, 0.1) is 0 Å². The number of aliphatic hydroxyl groups is 2. The van der Waals surface area contributed by atoms with Gasteiger partial charge in [-0.05, 0) is 83.5 Å². The molecule has 0 aromatic carbocycles. The third-order valence-corrected chi connectivity index (χ3v) is 8.80. The lowest BCUT2D eigenvalue weighted by Crippen LogP contribution is -2.29. The number of rotatable bonds is 36. The predicted octanol–water partition coefficient (Wildman–Crippen LogP) is 10.1. The lowest BCUT2D eigenvalue weighted by molar-refractivity contribution is -0.161. The standard InChI is InChI=1S/C42H71O10P/c1-3-5-7-9-11-13-15-17-19-21-23-25-27-29-31-33-41(45)49-37-40(38-51-53(47,48)50-36-39(44)35-43)52-42(46)34-32-30-28-26-24-22-20-18-16-14-12-10-8-6-4-2/h5,7,11-14,17-20,23,25,39-40,43-44H,3-4,6,8-10,15-16,21-22,24,26-38H2,1-2H3,(H,47,48)/b7-5+,13-11+,14-12+,19-17+,20-18+,25-23+/t39-,40+/m0/s1. The van der Waals surface area contributed by atoms with Gasteiger partial charge in [0, 0.05) is 12.8 Å². The van der Waals surface area contributed by atoms with Crippen LogP contribution in [0.4, 0.5) is 0 Å². The van der Waals surface area contributed by atoms with Crippen LogP contribution in [0.1, 0.15) is 142 Å². The van der Waals surface area contributed by atoms with Crippen molar-refractivity contribution in [1.82, 2.24) is 0 Å². The number of carbonyl (C=O) groups is 2. The molecule has 0 aliphatic carbocycles. The highest BCUT2D eigenvalue weighted by Gasteiger charge is 2.27. The third-order valence-electron chi connectivity index (χ3n) is 7.84. The van der Waals surface area contributed by atoms with Crippen LogP contribution in [-0.4, -0.2) is 65.7 Å². The van der Waals surface area contributed by atoms with E-state index in [0.29, 0.717) is 12.8 Å². The van der Waals surface area contributed by atoms with E-state index in [2.05, 4.69) is 91.3 Å². The fraction of sp³-hybridized carbons (Fsp3) is 0.667. The van der Waals surface area contributed by atoms with Gasteiger partial charge in [-0.25, -0.2) is 4.57 Å². The number of phosphoric acid groups is 1. The van der Waals surface area contributed by atoms with E-state index in [4.69, 9.17) is 19.1 Å². The zero-order valence-corrected chi connectivity index (χ0v) is 33.6. The van der Waals surface area contributed by atoms with Gasteiger partial charge in [0.05, 0.1) is 19.8 Å². The normalized spacial score (nSPS) is 14.7. The van der Waals surface area contributed by atoms with Crippen molar-refractivity contribution < 1.29 is 47.8 Å². The molecule has 0 aliphatic rings. The second kappa shape index (κ2) is 37.7. The van der Waals surface area contributed by atoms with Gasteiger partial charge in [0.25, 0.3) is 0 Å². The summed E-state index contributed by atoms with van der Waals surface area (Å²) in [7, 11) is -4.63. The fourth-order valence-electron chi connectivity index (χ4n) is 4.78. The van der Waals surface area contributed by atoms with E-state index in [0.717, 1.165) is 83.5 Å². The molecule has 1 unspecified atom stereocenters. The highest BCUT2D eigenvalue weighted by atomic mass is 31.2. The molecule has 0 rings (SSSR count). The number of carbonyl (C=O) groups excluding carboxylic acids is 2. The number of phosphoric ester groups is 1. The molecule has 304 valence electrons. The molecule has 0 fully saturated rings. The van der Waals surface area contributed by atoms with Gasteiger partial charge in [-0.1, -0.05) is 119 Å². The number of ether oxygens (including phenoxy) is 2. The molecule has 0 radical (unpaired) electrons. The Balaban J connectivity index is 4.46. The smallest absolute Gasteiger partial charge is 0.462 e. The molecule has 10 nitrogen and oxygen atoms in total. The number of hydrogen-bond acceptors (Lipinski definition) is 9. The Morgan fingerprint density at radius 1 is 0.585 bits per heavy atom. The summed E-state index contributed by atoms with van der Waals surface area (Å²) in [6.07, 6.45) is 41.6. The van der Waals surface area contributed by atoms with Crippen LogP contribution in [0.5, 0.6) is 0 Å². The van der Waals surface area contributed by atoms with Gasteiger partial charge in [0.2, 0.25) is 0 Å². The minimum absolute atomic E-state index is 0.155. The third kappa shape index (κ3) is 37.5. The van der Waals surface area contributed by atoms with E-state index in [1.807, 2.05) is 0 Å². The first kappa shape index (κ1) is 50.4. The molecular weight excluding hydrogens is 695 g/mol. The molecule has 3 atom stereocenters. The van der Waals surface area contributed by atoms with Gasteiger partial charge in [-0.15, -0.1) is 0 Å². The largest absolute Gasteiger partial charge is 0.472 e. The highest BCUT2D eigenvalue weighted by molar-refractivity contribution is 7.47. The number of hydrogen-bond donors (Lipinski definition) is 3.